The lowest BCUT2D eigenvalue weighted by atomic mass is 10.0. The summed E-state index contributed by atoms with van der Waals surface area (Å²) >= 11 is 0. The third-order valence-electron chi connectivity index (χ3n) is 5.08. The number of halogens is 1. The molecule has 142 valence electrons. The van der Waals surface area contributed by atoms with E-state index < -0.39 is 0 Å². The van der Waals surface area contributed by atoms with E-state index in [0.29, 0.717) is 37.8 Å². The molecule has 8 heteroatoms. The molecule has 2 saturated heterocycles. The van der Waals surface area contributed by atoms with Gasteiger partial charge in [-0.25, -0.2) is 0 Å². The van der Waals surface area contributed by atoms with Crippen LogP contribution in [0.15, 0.2) is 18.2 Å². The third-order valence-corrected chi connectivity index (χ3v) is 5.08. The maximum Gasteiger partial charge on any atom is 0.228 e. The topological polar surface area (TPSA) is 85.1 Å². The van der Waals surface area contributed by atoms with Crippen molar-refractivity contribution in [2.75, 3.05) is 37.7 Å². The number of amides is 2. The van der Waals surface area contributed by atoms with Gasteiger partial charge in [-0.15, -0.1) is 12.4 Å². The van der Waals surface area contributed by atoms with Crippen LogP contribution in [0.25, 0.3) is 0 Å². The Morgan fingerprint density at radius 3 is 2.69 bits per heavy atom. The standard InChI is InChI=1S/C18H23N3O4.ClH/c19-13-2-1-5-20(11-13)18(23)12-8-17(22)21(10-12)14-3-4-15-16(9-14)25-7-6-24-15;/h3-4,9,12-13H,1-2,5-8,10-11,19H2;1H. The zero-order chi connectivity index (χ0) is 17.4. The summed E-state index contributed by atoms with van der Waals surface area (Å²) in [7, 11) is 0. The second-order valence-corrected chi connectivity index (χ2v) is 6.92. The molecule has 2 fully saturated rings. The zero-order valence-electron chi connectivity index (χ0n) is 14.6. The summed E-state index contributed by atoms with van der Waals surface area (Å²) in [4.78, 5) is 28.7. The number of carbonyl (C=O) groups excluding carboxylic acids is 2. The Kier molecular flexibility index (Phi) is 5.58. The Bertz CT molecular complexity index is 699. The minimum Gasteiger partial charge on any atom is -0.486 e. The Morgan fingerprint density at radius 2 is 1.92 bits per heavy atom. The molecule has 3 aliphatic heterocycles. The average molecular weight is 382 g/mol. The molecule has 0 aromatic heterocycles. The number of fused-ring (bicyclic) bond motifs is 1. The molecule has 2 N–H and O–H groups in total. The quantitative estimate of drug-likeness (QED) is 0.831. The molecular formula is C18H24ClN3O4. The van der Waals surface area contributed by atoms with Crippen molar-refractivity contribution in [2.45, 2.75) is 25.3 Å². The number of piperidine rings is 1. The SMILES string of the molecule is Cl.NC1CCCN(C(=O)C2CC(=O)N(c3ccc4c(c3)OCCO4)C2)C1. The van der Waals surface area contributed by atoms with Gasteiger partial charge in [0.05, 0.1) is 5.92 Å². The highest BCUT2D eigenvalue weighted by Crippen LogP contribution is 2.36. The van der Waals surface area contributed by atoms with E-state index in [1.165, 1.54) is 0 Å². The van der Waals surface area contributed by atoms with Crippen LogP contribution in [0.3, 0.4) is 0 Å². The number of ether oxygens (including phenoxy) is 2. The molecule has 2 amide bonds. The predicted octanol–water partition coefficient (Wildman–Crippen LogP) is 1.18. The lowest BCUT2D eigenvalue weighted by molar-refractivity contribution is -0.136. The molecule has 0 aliphatic carbocycles. The molecule has 1 aromatic carbocycles. The van der Waals surface area contributed by atoms with E-state index in [9.17, 15) is 9.59 Å². The first-order valence-electron chi connectivity index (χ1n) is 8.86. The maximum absolute atomic E-state index is 12.7. The molecular weight excluding hydrogens is 358 g/mol. The minimum absolute atomic E-state index is 0. The van der Waals surface area contributed by atoms with Crippen LogP contribution < -0.4 is 20.1 Å². The molecule has 7 nitrogen and oxygen atoms in total. The largest absolute Gasteiger partial charge is 0.486 e. The van der Waals surface area contributed by atoms with Gasteiger partial charge < -0.3 is 25.0 Å². The van der Waals surface area contributed by atoms with Crippen molar-refractivity contribution in [1.82, 2.24) is 4.90 Å². The van der Waals surface area contributed by atoms with E-state index in [1.54, 1.807) is 4.90 Å². The molecule has 2 unspecified atom stereocenters. The number of nitrogens with two attached hydrogens (primary N) is 1. The maximum atomic E-state index is 12.7. The Labute approximate surface area is 158 Å². The summed E-state index contributed by atoms with van der Waals surface area (Å²) in [6.07, 6.45) is 2.13. The summed E-state index contributed by atoms with van der Waals surface area (Å²) < 4.78 is 11.1. The van der Waals surface area contributed by atoms with Crippen molar-refractivity contribution in [1.29, 1.82) is 0 Å². The van der Waals surface area contributed by atoms with E-state index in [4.69, 9.17) is 15.2 Å². The van der Waals surface area contributed by atoms with Gasteiger partial charge in [0.25, 0.3) is 0 Å². The van der Waals surface area contributed by atoms with Crippen LogP contribution in [0.4, 0.5) is 5.69 Å². The van der Waals surface area contributed by atoms with Gasteiger partial charge in [0, 0.05) is 43.9 Å². The van der Waals surface area contributed by atoms with Crippen LogP contribution >= 0.6 is 12.4 Å². The first kappa shape index (κ1) is 18.8. The molecule has 0 saturated carbocycles. The molecule has 4 rings (SSSR count). The lowest BCUT2D eigenvalue weighted by Gasteiger charge is -2.32. The van der Waals surface area contributed by atoms with Crippen molar-refractivity contribution >= 4 is 29.9 Å². The van der Waals surface area contributed by atoms with E-state index in [2.05, 4.69) is 0 Å². The second kappa shape index (κ2) is 7.72. The number of nitrogens with zero attached hydrogens (tertiary/aromatic N) is 2. The minimum atomic E-state index is -0.300. The fraction of sp³-hybridized carbons (Fsp3) is 0.556. The van der Waals surface area contributed by atoms with Crippen molar-refractivity contribution in [2.24, 2.45) is 11.7 Å². The van der Waals surface area contributed by atoms with Gasteiger partial charge in [-0.05, 0) is 25.0 Å². The fourth-order valence-electron chi connectivity index (χ4n) is 3.79. The third kappa shape index (κ3) is 3.59. The Hall–Kier alpha value is -1.99. The lowest BCUT2D eigenvalue weighted by Crippen LogP contribution is -2.48. The van der Waals surface area contributed by atoms with Gasteiger partial charge >= 0.3 is 0 Å². The highest BCUT2D eigenvalue weighted by molar-refractivity contribution is 6.00. The molecule has 26 heavy (non-hydrogen) atoms. The van der Waals surface area contributed by atoms with Gasteiger partial charge in [-0.3, -0.25) is 9.59 Å². The van der Waals surface area contributed by atoms with Crippen molar-refractivity contribution in [3.05, 3.63) is 18.2 Å². The van der Waals surface area contributed by atoms with Crippen LogP contribution in [0.2, 0.25) is 0 Å². The molecule has 0 bridgehead atoms. The first-order valence-corrected chi connectivity index (χ1v) is 8.86. The van der Waals surface area contributed by atoms with Crippen LogP contribution in [0.5, 0.6) is 11.5 Å². The number of likely N-dealkylation sites (tertiary alicyclic amines) is 1. The predicted molar refractivity (Wildman–Crippen MR) is 98.9 cm³/mol. The normalized spacial score (nSPS) is 25.0. The van der Waals surface area contributed by atoms with Crippen LogP contribution in [0.1, 0.15) is 19.3 Å². The highest BCUT2D eigenvalue weighted by Gasteiger charge is 2.38. The number of hydrogen-bond donors (Lipinski definition) is 1. The monoisotopic (exact) mass is 381 g/mol. The van der Waals surface area contributed by atoms with Gasteiger partial charge in [0.1, 0.15) is 13.2 Å². The zero-order valence-corrected chi connectivity index (χ0v) is 15.4. The summed E-state index contributed by atoms with van der Waals surface area (Å²) in [5, 5.41) is 0. The highest BCUT2D eigenvalue weighted by atomic mass is 35.5. The second-order valence-electron chi connectivity index (χ2n) is 6.92. The van der Waals surface area contributed by atoms with Gasteiger partial charge in [-0.2, -0.15) is 0 Å². The van der Waals surface area contributed by atoms with E-state index in [0.717, 1.165) is 25.1 Å². The summed E-state index contributed by atoms with van der Waals surface area (Å²) in [5.41, 5.74) is 6.72. The molecule has 2 atom stereocenters. The summed E-state index contributed by atoms with van der Waals surface area (Å²) in [6, 6.07) is 5.52. The van der Waals surface area contributed by atoms with Crippen LogP contribution in [-0.2, 0) is 9.59 Å². The van der Waals surface area contributed by atoms with Crippen molar-refractivity contribution in [3.8, 4) is 11.5 Å². The van der Waals surface area contributed by atoms with E-state index in [1.807, 2.05) is 23.1 Å². The number of anilines is 1. The first-order chi connectivity index (χ1) is 12.1. The Balaban J connectivity index is 0.00000196. The van der Waals surface area contributed by atoms with Gasteiger partial charge in [0.15, 0.2) is 11.5 Å². The van der Waals surface area contributed by atoms with E-state index >= 15 is 0 Å². The molecule has 1 aromatic rings. The number of rotatable bonds is 2. The van der Waals surface area contributed by atoms with Crippen LogP contribution in [0, 0.1) is 5.92 Å². The van der Waals surface area contributed by atoms with Crippen molar-refractivity contribution < 1.29 is 19.1 Å². The number of benzene rings is 1. The molecule has 0 radical (unpaired) electrons. The van der Waals surface area contributed by atoms with Gasteiger partial charge in [-0.1, -0.05) is 0 Å². The number of hydrogen-bond acceptors (Lipinski definition) is 5. The molecule has 0 spiro atoms. The van der Waals surface area contributed by atoms with E-state index in [-0.39, 0.29) is 42.6 Å². The van der Waals surface area contributed by atoms with Crippen molar-refractivity contribution in [3.63, 3.8) is 0 Å². The van der Waals surface area contributed by atoms with Crippen LogP contribution in [-0.4, -0.2) is 55.6 Å². The fourth-order valence-corrected chi connectivity index (χ4v) is 3.79. The molecule has 3 aliphatic rings. The summed E-state index contributed by atoms with van der Waals surface area (Å²) in [5.74, 6) is 1.05. The average Bonchev–Trinajstić information content (AvgIpc) is 3.02. The number of carbonyl (C=O) groups is 2. The Morgan fingerprint density at radius 1 is 1.15 bits per heavy atom. The summed E-state index contributed by atoms with van der Waals surface area (Å²) in [6.45, 7) is 2.77. The smallest absolute Gasteiger partial charge is 0.228 e. The molecule has 3 heterocycles. The van der Waals surface area contributed by atoms with Gasteiger partial charge in [0.2, 0.25) is 11.8 Å².